The van der Waals surface area contributed by atoms with Gasteiger partial charge in [-0.1, -0.05) is 12.1 Å². The molecule has 0 bridgehead atoms. The van der Waals surface area contributed by atoms with E-state index >= 15 is 0 Å². The Morgan fingerprint density at radius 3 is 2.26 bits per heavy atom. The van der Waals surface area contributed by atoms with Crippen molar-refractivity contribution in [3.8, 4) is 17.2 Å². The van der Waals surface area contributed by atoms with Crippen molar-refractivity contribution in [2.45, 2.75) is 26.2 Å². The molecule has 2 aromatic carbocycles. The van der Waals surface area contributed by atoms with Crippen LogP contribution in [0.5, 0.6) is 17.2 Å². The summed E-state index contributed by atoms with van der Waals surface area (Å²) in [5.74, 6) is 1.50. The van der Waals surface area contributed by atoms with Crippen LogP contribution in [0.2, 0.25) is 0 Å². The molecule has 0 saturated carbocycles. The maximum Gasteiger partial charge on any atom is 0.422 e. The zero-order valence-corrected chi connectivity index (χ0v) is 16.6. The van der Waals surface area contributed by atoms with E-state index < -0.39 is 12.8 Å². The summed E-state index contributed by atoms with van der Waals surface area (Å²) in [6, 6.07) is 10.4. The van der Waals surface area contributed by atoms with Gasteiger partial charge in [0.15, 0.2) is 18.1 Å². The maximum atomic E-state index is 12.1. The third kappa shape index (κ3) is 6.95. The summed E-state index contributed by atoms with van der Waals surface area (Å²) < 4.78 is 52.9. The van der Waals surface area contributed by atoms with Gasteiger partial charge in [-0.2, -0.15) is 13.2 Å². The lowest BCUT2D eigenvalue weighted by Gasteiger charge is -2.14. The first-order chi connectivity index (χ1) is 12.8. The molecule has 0 fully saturated rings. The van der Waals surface area contributed by atoms with Crippen LogP contribution in [-0.4, -0.2) is 26.5 Å². The summed E-state index contributed by atoms with van der Waals surface area (Å²) in [7, 11) is 1.59. The monoisotopic (exact) mass is 447 g/mol. The van der Waals surface area contributed by atoms with Crippen molar-refractivity contribution in [3.05, 3.63) is 52.0 Å². The van der Waals surface area contributed by atoms with Crippen LogP contribution < -0.4 is 19.5 Å². The van der Waals surface area contributed by atoms with Crippen molar-refractivity contribution in [3.63, 3.8) is 0 Å². The standard InChI is InChI=1S/C19H21BrF3NO3/c1-3-26-18-16(20)8-14(9-17(18)25-2)11-24-10-13-4-6-15(7-5-13)27-12-19(21,22)23/h4-9,24H,3,10-12H2,1-2H3. The van der Waals surface area contributed by atoms with E-state index in [0.717, 1.165) is 15.6 Å². The number of benzene rings is 2. The molecule has 8 heteroatoms. The molecule has 0 aliphatic rings. The molecule has 148 valence electrons. The first-order valence-corrected chi connectivity index (χ1v) is 9.10. The van der Waals surface area contributed by atoms with Crippen LogP contribution in [0.1, 0.15) is 18.1 Å². The van der Waals surface area contributed by atoms with Gasteiger partial charge < -0.3 is 19.5 Å². The van der Waals surface area contributed by atoms with Gasteiger partial charge in [0, 0.05) is 13.1 Å². The van der Waals surface area contributed by atoms with Gasteiger partial charge in [-0.3, -0.25) is 0 Å². The predicted molar refractivity (Wildman–Crippen MR) is 100 cm³/mol. The highest BCUT2D eigenvalue weighted by Gasteiger charge is 2.28. The van der Waals surface area contributed by atoms with Crippen LogP contribution in [0.4, 0.5) is 13.2 Å². The Morgan fingerprint density at radius 1 is 1.00 bits per heavy atom. The molecule has 0 radical (unpaired) electrons. The summed E-state index contributed by atoms with van der Waals surface area (Å²) in [6.45, 7) is 2.30. The minimum Gasteiger partial charge on any atom is -0.493 e. The van der Waals surface area contributed by atoms with E-state index in [1.54, 1.807) is 19.2 Å². The molecule has 0 unspecified atom stereocenters. The smallest absolute Gasteiger partial charge is 0.422 e. The molecular weight excluding hydrogens is 427 g/mol. The number of hydrogen-bond acceptors (Lipinski definition) is 4. The van der Waals surface area contributed by atoms with Crippen LogP contribution in [0.3, 0.4) is 0 Å². The average molecular weight is 448 g/mol. The van der Waals surface area contributed by atoms with Gasteiger partial charge in [0.2, 0.25) is 0 Å². The minimum absolute atomic E-state index is 0.191. The van der Waals surface area contributed by atoms with Crippen molar-refractivity contribution in [1.82, 2.24) is 5.32 Å². The van der Waals surface area contributed by atoms with Crippen LogP contribution in [0.15, 0.2) is 40.9 Å². The van der Waals surface area contributed by atoms with Gasteiger partial charge in [-0.15, -0.1) is 0 Å². The Labute approximate surface area is 164 Å². The third-order valence-electron chi connectivity index (χ3n) is 3.56. The van der Waals surface area contributed by atoms with Gasteiger partial charge >= 0.3 is 6.18 Å². The van der Waals surface area contributed by atoms with Crippen molar-refractivity contribution in [2.75, 3.05) is 20.3 Å². The molecule has 0 aromatic heterocycles. The Kier molecular flexibility index (Phi) is 7.79. The van der Waals surface area contributed by atoms with Crippen LogP contribution in [-0.2, 0) is 13.1 Å². The summed E-state index contributed by atoms with van der Waals surface area (Å²) in [5.41, 5.74) is 1.94. The summed E-state index contributed by atoms with van der Waals surface area (Å²) >= 11 is 3.49. The topological polar surface area (TPSA) is 39.7 Å². The molecular formula is C19H21BrF3NO3. The quantitative estimate of drug-likeness (QED) is 0.581. The van der Waals surface area contributed by atoms with E-state index in [9.17, 15) is 13.2 Å². The number of nitrogens with one attached hydrogen (secondary N) is 1. The summed E-state index contributed by atoms with van der Waals surface area (Å²) in [6.07, 6.45) is -4.34. The highest BCUT2D eigenvalue weighted by atomic mass is 79.9. The van der Waals surface area contributed by atoms with Crippen molar-refractivity contribution in [1.29, 1.82) is 0 Å². The van der Waals surface area contributed by atoms with E-state index in [1.165, 1.54) is 12.1 Å². The summed E-state index contributed by atoms with van der Waals surface area (Å²) in [4.78, 5) is 0. The largest absolute Gasteiger partial charge is 0.493 e. The number of methoxy groups -OCH3 is 1. The molecule has 27 heavy (non-hydrogen) atoms. The van der Waals surface area contributed by atoms with Gasteiger partial charge in [0.25, 0.3) is 0 Å². The molecule has 0 atom stereocenters. The molecule has 0 spiro atoms. The van der Waals surface area contributed by atoms with Gasteiger partial charge in [0.1, 0.15) is 5.75 Å². The van der Waals surface area contributed by atoms with Crippen molar-refractivity contribution >= 4 is 15.9 Å². The summed E-state index contributed by atoms with van der Waals surface area (Å²) in [5, 5.41) is 3.29. The van der Waals surface area contributed by atoms with Crippen LogP contribution in [0, 0.1) is 0 Å². The lowest BCUT2D eigenvalue weighted by atomic mass is 10.2. The average Bonchev–Trinajstić information content (AvgIpc) is 2.62. The van der Waals surface area contributed by atoms with Crippen molar-refractivity contribution < 1.29 is 27.4 Å². The molecule has 0 aliphatic carbocycles. The van der Waals surface area contributed by atoms with E-state index in [4.69, 9.17) is 14.2 Å². The van der Waals surface area contributed by atoms with Gasteiger partial charge in [-0.05, 0) is 58.2 Å². The van der Waals surface area contributed by atoms with E-state index in [2.05, 4.69) is 21.2 Å². The minimum atomic E-state index is -4.34. The number of ether oxygens (including phenoxy) is 3. The molecule has 0 aliphatic heterocycles. The maximum absolute atomic E-state index is 12.1. The Bertz CT molecular complexity index is 736. The van der Waals surface area contributed by atoms with E-state index in [-0.39, 0.29) is 5.75 Å². The second-order valence-corrected chi connectivity index (χ2v) is 6.55. The lowest BCUT2D eigenvalue weighted by molar-refractivity contribution is -0.153. The fourth-order valence-electron chi connectivity index (χ4n) is 2.38. The normalized spacial score (nSPS) is 11.3. The first-order valence-electron chi connectivity index (χ1n) is 8.30. The molecule has 1 N–H and O–H groups in total. The second kappa shape index (κ2) is 9.85. The van der Waals surface area contributed by atoms with E-state index in [1.807, 2.05) is 19.1 Å². The molecule has 0 heterocycles. The van der Waals surface area contributed by atoms with Gasteiger partial charge in [0.05, 0.1) is 18.2 Å². The van der Waals surface area contributed by atoms with E-state index in [0.29, 0.717) is 31.2 Å². The fraction of sp³-hybridized carbons (Fsp3) is 0.368. The molecule has 2 rings (SSSR count). The molecule has 4 nitrogen and oxygen atoms in total. The van der Waals surface area contributed by atoms with Crippen LogP contribution >= 0.6 is 15.9 Å². The zero-order valence-electron chi connectivity index (χ0n) is 15.0. The zero-order chi connectivity index (χ0) is 19.9. The van der Waals surface area contributed by atoms with Crippen LogP contribution in [0.25, 0.3) is 0 Å². The third-order valence-corrected chi connectivity index (χ3v) is 4.15. The molecule has 2 aromatic rings. The highest BCUT2D eigenvalue weighted by Crippen LogP contribution is 2.36. The molecule has 0 saturated heterocycles. The highest BCUT2D eigenvalue weighted by molar-refractivity contribution is 9.10. The number of alkyl halides is 3. The first kappa shape index (κ1) is 21.4. The van der Waals surface area contributed by atoms with Gasteiger partial charge in [-0.25, -0.2) is 0 Å². The second-order valence-electron chi connectivity index (χ2n) is 5.69. The fourth-order valence-corrected chi connectivity index (χ4v) is 2.98. The van der Waals surface area contributed by atoms with Crippen molar-refractivity contribution in [2.24, 2.45) is 0 Å². The number of halogens is 4. The lowest BCUT2D eigenvalue weighted by Crippen LogP contribution is -2.19. The SMILES string of the molecule is CCOc1c(Br)cc(CNCc2ccc(OCC(F)(F)F)cc2)cc1OC. The number of rotatable bonds is 9. The molecule has 0 amide bonds. The predicted octanol–water partition coefficient (Wildman–Crippen LogP) is 5.09. The number of hydrogen-bond donors (Lipinski definition) is 1. The Morgan fingerprint density at radius 2 is 1.67 bits per heavy atom. The Hall–Kier alpha value is -1.93. The Balaban J connectivity index is 1.90.